The fraction of sp³-hybridized carbons (Fsp3) is 0.750. The van der Waals surface area contributed by atoms with Crippen LogP contribution in [0, 0.1) is 0 Å². The lowest BCUT2D eigenvalue weighted by Gasteiger charge is -2.22. The Labute approximate surface area is 53.0 Å². The van der Waals surface area contributed by atoms with E-state index in [9.17, 15) is 9.36 Å². The largest absolute Gasteiger partial charge is 0.463 e. The molecule has 1 rings (SSSR count). The summed E-state index contributed by atoms with van der Waals surface area (Å²) < 4.78 is 19.5. The minimum absolute atomic E-state index is 0.254. The van der Waals surface area contributed by atoms with Gasteiger partial charge in [0.15, 0.2) is 5.66 Å². The molecule has 0 aromatic rings. The first-order valence-corrected chi connectivity index (χ1v) is 3.89. The predicted molar refractivity (Wildman–Crippen MR) is 30.8 cm³/mol. The molecule has 2 atom stereocenters. The lowest BCUT2D eigenvalue weighted by Crippen LogP contribution is -2.37. The van der Waals surface area contributed by atoms with Crippen molar-refractivity contribution in [3.8, 4) is 0 Å². The molecule has 0 aliphatic carbocycles. The van der Waals surface area contributed by atoms with Gasteiger partial charge in [-0.15, -0.1) is 0 Å². The molecule has 0 saturated carbocycles. The topological polar surface area (TPSA) is 52.6 Å². The molecule has 1 saturated heterocycles. The summed E-state index contributed by atoms with van der Waals surface area (Å²) in [5.74, 6) is -0.402. The molecule has 1 aliphatic rings. The molecule has 0 aromatic carbocycles. The Bertz CT molecular complexity index is 155. The number of hydrogen-bond donors (Lipinski definition) is 0. The van der Waals surface area contributed by atoms with Gasteiger partial charge < -0.3 is 9.26 Å². The molecule has 4 nitrogen and oxygen atoms in total. The monoisotopic (exact) mass is 150 g/mol. The molecule has 2 unspecified atom stereocenters. The van der Waals surface area contributed by atoms with E-state index in [1.165, 1.54) is 7.11 Å². The lowest BCUT2D eigenvalue weighted by atomic mass is 10.4. The number of esters is 1. The maximum absolute atomic E-state index is 10.7. The van der Waals surface area contributed by atoms with Gasteiger partial charge in [-0.25, -0.2) is 0 Å². The Morgan fingerprint density at radius 3 is 2.67 bits per heavy atom. The standard InChI is InChI=1S/C4H7O4P/c1-7-9(6)3-2-8-4(3)5/h3,9H,2H2,1H3. The summed E-state index contributed by atoms with van der Waals surface area (Å²) in [5, 5.41) is 0. The third-order valence-corrected chi connectivity index (χ3v) is 2.54. The van der Waals surface area contributed by atoms with Gasteiger partial charge in [0.25, 0.3) is 0 Å². The average Bonchev–Trinajstić information content (AvgIpc) is 1.84. The van der Waals surface area contributed by atoms with Crippen molar-refractivity contribution in [3.05, 3.63) is 0 Å². The predicted octanol–water partition coefficient (Wildman–Crippen LogP) is 0.0329. The van der Waals surface area contributed by atoms with Gasteiger partial charge in [0.2, 0.25) is 8.03 Å². The summed E-state index contributed by atoms with van der Waals surface area (Å²) in [6.07, 6.45) is 0. The van der Waals surface area contributed by atoms with Crippen LogP contribution in [0.25, 0.3) is 0 Å². The van der Waals surface area contributed by atoms with Crippen LogP contribution in [0.15, 0.2) is 0 Å². The fourth-order valence-electron chi connectivity index (χ4n) is 0.541. The minimum Gasteiger partial charge on any atom is -0.463 e. The second kappa shape index (κ2) is 2.50. The van der Waals surface area contributed by atoms with Gasteiger partial charge in [0.1, 0.15) is 6.61 Å². The van der Waals surface area contributed by atoms with Crippen LogP contribution >= 0.6 is 8.03 Å². The quantitative estimate of drug-likeness (QED) is 0.411. The molecule has 0 radical (unpaired) electrons. The second-order valence-electron chi connectivity index (χ2n) is 1.71. The molecule has 52 valence electrons. The van der Waals surface area contributed by atoms with E-state index in [2.05, 4.69) is 9.26 Å². The number of rotatable bonds is 2. The molecular weight excluding hydrogens is 143 g/mol. The highest BCUT2D eigenvalue weighted by Gasteiger charge is 2.36. The number of carbonyl (C=O) groups excluding carboxylic acids is 1. The van der Waals surface area contributed by atoms with Crippen LogP contribution in [-0.2, 0) is 18.6 Å². The van der Waals surface area contributed by atoms with Gasteiger partial charge in [-0.2, -0.15) is 0 Å². The van der Waals surface area contributed by atoms with Crippen molar-refractivity contribution in [3.63, 3.8) is 0 Å². The van der Waals surface area contributed by atoms with Crippen molar-refractivity contribution in [2.24, 2.45) is 0 Å². The van der Waals surface area contributed by atoms with Crippen LogP contribution in [0.4, 0.5) is 0 Å². The Morgan fingerprint density at radius 2 is 2.56 bits per heavy atom. The van der Waals surface area contributed by atoms with Crippen LogP contribution in [-0.4, -0.2) is 25.3 Å². The molecule has 0 aromatic heterocycles. The van der Waals surface area contributed by atoms with E-state index in [0.29, 0.717) is 0 Å². The van der Waals surface area contributed by atoms with Crippen molar-refractivity contribution >= 4 is 14.0 Å². The molecule has 9 heavy (non-hydrogen) atoms. The number of ether oxygens (including phenoxy) is 1. The summed E-state index contributed by atoms with van der Waals surface area (Å²) >= 11 is 0. The zero-order valence-corrected chi connectivity index (χ0v) is 5.92. The maximum atomic E-state index is 10.7. The first kappa shape index (κ1) is 6.78. The Balaban J connectivity index is 2.44. The molecule has 1 aliphatic heterocycles. The van der Waals surface area contributed by atoms with Gasteiger partial charge in [-0.05, 0) is 0 Å². The van der Waals surface area contributed by atoms with Crippen molar-refractivity contribution in [1.82, 2.24) is 0 Å². The molecule has 1 fully saturated rings. The molecule has 0 N–H and O–H groups in total. The van der Waals surface area contributed by atoms with Gasteiger partial charge in [-0.1, -0.05) is 0 Å². The molecular formula is C4H7O4P. The number of cyclic esters (lactones) is 1. The van der Waals surface area contributed by atoms with Gasteiger partial charge >= 0.3 is 5.97 Å². The van der Waals surface area contributed by atoms with Crippen molar-refractivity contribution < 1.29 is 18.6 Å². The van der Waals surface area contributed by atoms with E-state index in [4.69, 9.17) is 0 Å². The third kappa shape index (κ3) is 1.14. The Hall–Kier alpha value is -0.340. The van der Waals surface area contributed by atoms with E-state index in [1.54, 1.807) is 0 Å². The van der Waals surface area contributed by atoms with Crippen LogP contribution in [0.3, 0.4) is 0 Å². The zero-order chi connectivity index (χ0) is 6.85. The van der Waals surface area contributed by atoms with Gasteiger partial charge in [-0.3, -0.25) is 9.36 Å². The smallest absolute Gasteiger partial charge is 0.322 e. The summed E-state index contributed by atoms with van der Waals surface area (Å²) in [6.45, 7) is 0.254. The molecule has 1 heterocycles. The summed E-state index contributed by atoms with van der Waals surface area (Å²) in [7, 11) is -0.818. The molecule has 0 bridgehead atoms. The maximum Gasteiger partial charge on any atom is 0.322 e. The normalized spacial score (nSPS) is 28.6. The third-order valence-electron chi connectivity index (χ3n) is 1.16. The van der Waals surface area contributed by atoms with E-state index >= 15 is 0 Å². The number of hydrogen-bond acceptors (Lipinski definition) is 4. The van der Waals surface area contributed by atoms with E-state index < -0.39 is 19.7 Å². The van der Waals surface area contributed by atoms with Gasteiger partial charge in [0.05, 0.1) is 0 Å². The van der Waals surface area contributed by atoms with Crippen LogP contribution in [0.2, 0.25) is 0 Å². The van der Waals surface area contributed by atoms with E-state index in [-0.39, 0.29) is 6.61 Å². The van der Waals surface area contributed by atoms with E-state index in [0.717, 1.165) is 0 Å². The highest BCUT2D eigenvalue weighted by molar-refractivity contribution is 7.41. The zero-order valence-electron chi connectivity index (χ0n) is 4.92. The minimum atomic E-state index is -2.14. The van der Waals surface area contributed by atoms with Crippen molar-refractivity contribution in [1.29, 1.82) is 0 Å². The Kier molecular flexibility index (Phi) is 1.88. The molecule has 0 spiro atoms. The first-order valence-electron chi connectivity index (χ1n) is 2.50. The van der Waals surface area contributed by atoms with Crippen LogP contribution in [0.5, 0.6) is 0 Å². The van der Waals surface area contributed by atoms with Crippen molar-refractivity contribution in [2.45, 2.75) is 5.66 Å². The lowest BCUT2D eigenvalue weighted by molar-refractivity contribution is -0.156. The highest BCUT2D eigenvalue weighted by atomic mass is 31.1. The van der Waals surface area contributed by atoms with Crippen LogP contribution < -0.4 is 0 Å². The van der Waals surface area contributed by atoms with Gasteiger partial charge in [0, 0.05) is 7.11 Å². The molecule has 5 heteroatoms. The highest BCUT2D eigenvalue weighted by Crippen LogP contribution is 2.33. The fourth-order valence-corrected chi connectivity index (χ4v) is 1.32. The van der Waals surface area contributed by atoms with Crippen LogP contribution in [0.1, 0.15) is 0 Å². The summed E-state index contributed by atoms with van der Waals surface area (Å²) in [5.41, 5.74) is -0.472. The second-order valence-corrected chi connectivity index (χ2v) is 3.45. The van der Waals surface area contributed by atoms with Crippen molar-refractivity contribution in [2.75, 3.05) is 13.7 Å². The average molecular weight is 150 g/mol. The molecule has 0 amide bonds. The van der Waals surface area contributed by atoms with E-state index in [1.807, 2.05) is 0 Å². The SMILES string of the molecule is CO[PH](=O)C1COC1=O. The Morgan fingerprint density at radius 1 is 1.89 bits per heavy atom. The first-order chi connectivity index (χ1) is 4.25. The summed E-state index contributed by atoms with van der Waals surface area (Å²) in [6, 6.07) is 0. The summed E-state index contributed by atoms with van der Waals surface area (Å²) in [4.78, 5) is 10.4. The number of carbonyl (C=O) groups is 1.